The molecule has 1 N–H and O–H groups in total. The van der Waals surface area contributed by atoms with E-state index in [0.717, 1.165) is 10.2 Å². The van der Waals surface area contributed by atoms with E-state index in [1.54, 1.807) is 6.92 Å². The van der Waals surface area contributed by atoms with Crippen molar-refractivity contribution < 1.29 is 0 Å². The first kappa shape index (κ1) is 14.5. The second-order valence-corrected chi connectivity index (χ2v) is 5.57. The minimum atomic E-state index is -0.223. The summed E-state index contributed by atoms with van der Waals surface area (Å²) in [5.41, 5.74) is 2.19. The molecule has 0 spiro atoms. The van der Waals surface area contributed by atoms with Crippen molar-refractivity contribution in [2.75, 3.05) is 0 Å². The first-order valence-electron chi connectivity index (χ1n) is 6.70. The molecule has 0 aliphatic heterocycles. The van der Waals surface area contributed by atoms with Gasteiger partial charge in [0.15, 0.2) is 5.69 Å². The first-order chi connectivity index (χ1) is 10.7. The summed E-state index contributed by atoms with van der Waals surface area (Å²) in [4.78, 5) is 12.5. The van der Waals surface area contributed by atoms with Crippen LogP contribution in [0.4, 0.5) is 11.4 Å². The molecule has 2 aromatic carbocycles. The van der Waals surface area contributed by atoms with E-state index in [-0.39, 0.29) is 5.56 Å². The fourth-order valence-corrected chi connectivity index (χ4v) is 2.42. The molecule has 0 saturated heterocycles. The number of nitrogens with zero attached hydrogens (tertiary/aromatic N) is 3. The summed E-state index contributed by atoms with van der Waals surface area (Å²) in [7, 11) is 0. The maximum absolute atomic E-state index is 12.5. The molecule has 0 fully saturated rings. The molecule has 6 heteroatoms. The highest BCUT2D eigenvalue weighted by Crippen LogP contribution is 2.26. The van der Waals surface area contributed by atoms with Gasteiger partial charge in [0.2, 0.25) is 0 Å². The van der Waals surface area contributed by atoms with E-state index in [1.807, 2.05) is 54.6 Å². The number of para-hydroxylation sites is 1. The lowest BCUT2D eigenvalue weighted by atomic mass is 10.3. The molecule has 0 aliphatic carbocycles. The van der Waals surface area contributed by atoms with Crippen LogP contribution in [-0.4, -0.2) is 9.78 Å². The van der Waals surface area contributed by atoms with Crippen LogP contribution in [0.25, 0.3) is 5.69 Å². The number of H-pyrrole nitrogens is 1. The molecular formula is C16H13BrN4O. The van der Waals surface area contributed by atoms with Gasteiger partial charge in [0, 0.05) is 4.47 Å². The van der Waals surface area contributed by atoms with Gasteiger partial charge in [0.1, 0.15) is 0 Å². The molecule has 3 aromatic rings. The number of aromatic amines is 1. The number of hydrogen-bond donors (Lipinski definition) is 1. The van der Waals surface area contributed by atoms with Crippen LogP contribution in [0.3, 0.4) is 0 Å². The van der Waals surface area contributed by atoms with E-state index in [9.17, 15) is 4.79 Å². The molecule has 3 rings (SSSR count). The van der Waals surface area contributed by atoms with Crippen molar-refractivity contribution in [1.29, 1.82) is 0 Å². The Morgan fingerprint density at radius 1 is 1.00 bits per heavy atom. The summed E-state index contributed by atoms with van der Waals surface area (Å²) in [6.07, 6.45) is 0. The lowest BCUT2D eigenvalue weighted by Crippen LogP contribution is -2.13. The monoisotopic (exact) mass is 356 g/mol. The topological polar surface area (TPSA) is 62.5 Å². The van der Waals surface area contributed by atoms with Crippen molar-refractivity contribution in [3.8, 4) is 5.69 Å². The van der Waals surface area contributed by atoms with Crippen molar-refractivity contribution in [3.63, 3.8) is 0 Å². The van der Waals surface area contributed by atoms with Crippen molar-refractivity contribution in [1.82, 2.24) is 9.78 Å². The van der Waals surface area contributed by atoms with Crippen LogP contribution in [0.15, 0.2) is 74.1 Å². The number of aryl methyl sites for hydroxylation is 1. The quantitative estimate of drug-likeness (QED) is 0.682. The summed E-state index contributed by atoms with van der Waals surface area (Å²) in [6.45, 7) is 1.80. The Hall–Kier alpha value is -2.47. The molecule has 0 radical (unpaired) electrons. The second-order valence-electron chi connectivity index (χ2n) is 4.71. The highest BCUT2D eigenvalue weighted by atomic mass is 79.9. The summed E-state index contributed by atoms with van der Waals surface area (Å²) >= 11 is 3.40. The van der Waals surface area contributed by atoms with Gasteiger partial charge in [-0.05, 0) is 47.1 Å². The fourth-order valence-electron chi connectivity index (χ4n) is 2.05. The Kier molecular flexibility index (Phi) is 4.02. The third kappa shape index (κ3) is 2.78. The van der Waals surface area contributed by atoms with E-state index in [0.29, 0.717) is 17.1 Å². The number of halogens is 1. The van der Waals surface area contributed by atoms with Crippen LogP contribution in [0.1, 0.15) is 5.69 Å². The SMILES string of the molecule is Cc1[nH]n(-c2ccccc2)c(=O)c1N=Nc1ccccc1Br. The molecule has 0 amide bonds. The van der Waals surface area contributed by atoms with Gasteiger partial charge in [-0.3, -0.25) is 9.89 Å². The first-order valence-corrected chi connectivity index (χ1v) is 7.49. The Bertz CT molecular complexity index is 881. The summed E-state index contributed by atoms with van der Waals surface area (Å²) in [5, 5.41) is 11.3. The number of benzene rings is 2. The minimum Gasteiger partial charge on any atom is -0.293 e. The van der Waals surface area contributed by atoms with E-state index >= 15 is 0 Å². The Morgan fingerprint density at radius 2 is 1.68 bits per heavy atom. The predicted molar refractivity (Wildman–Crippen MR) is 89.4 cm³/mol. The van der Waals surface area contributed by atoms with Gasteiger partial charge in [0.05, 0.1) is 17.1 Å². The number of aromatic nitrogens is 2. The predicted octanol–water partition coefficient (Wildman–Crippen LogP) is 4.65. The largest absolute Gasteiger partial charge is 0.299 e. The fraction of sp³-hybridized carbons (Fsp3) is 0.0625. The molecule has 0 atom stereocenters. The van der Waals surface area contributed by atoms with Gasteiger partial charge in [-0.15, -0.1) is 10.2 Å². The molecule has 5 nitrogen and oxygen atoms in total. The van der Waals surface area contributed by atoms with E-state index in [4.69, 9.17) is 0 Å². The highest BCUT2D eigenvalue weighted by molar-refractivity contribution is 9.10. The van der Waals surface area contributed by atoms with Crippen molar-refractivity contribution >= 4 is 27.3 Å². The maximum Gasteiger partial charge on any atom is 0.299 e. The van der Waals surface area contributed by atoms with Crippen molar-refractivity contribution in [2.24, 2.45) is 10.2 Å². The average molecular weight is 357 g/mol. The van der Waals surface area contributed by atoms with E-state index < -0.39 is 0 Å². The van der Waals surface area contributed by atoms with Crippen LogP contribution in [0.2, 0.25) is 0 Å². The summed E-state index contributed by atoms with van der Waals surface area (Å²) < 4.78 is 2.29. The maximum atomic E-state index is 12.5. The third-order valence-corrected chi connectivity index (χ3v) is 3.84. The molecular weight excluding hydrogens is 344 g/mol. The molecule has 22 heavy (non-hydrogen) atoms. The molecule has 0 bridgehead atoms. The van der Waals surface area contributed by atoms with Gasteiger partial charge in [-0.2, -0.15) is 0 Å². The Morgan fingerprint density at radius 3 is 2.41 bits per heavy atom. The second kappa shape index (κ2) is 6.11. The molecule has 1 aromatic heterocycles. The van der Waals surface area contributed by atoms with Gasteiger partial charge >= 0.3 is 0 Å². The zero-order valence-electron chi connectivity index (χ0n) is 11.8. The highest BCUT2D eigenvalue weighted by Gasteiger charge is 2.11. The van der Waals surface area contributed by atoms with E-state index in [2.05, 4.69) is 31.3 Å². The molecule has 0 aliphatic rings. The van der Waals surface area contributed by atoms with E-state index in [1.165, 1.54) is 4.68 Å². The Labute approximate surface area is 135 Å². The average Bonchev–Trinajstić information content (AvgIpc) is 2.82. The van der Waals surface area contributed by atoms with Crippen LogP contribution in [-0.2, 0) is 0 Å². The summed E-state index contributed by atoms with van der Waals surface area (Å²) in [5.74, 6) is 0. The van der Waals surface area contributed by atoms with Gasteiger partial charge in [0.25, 0.3) is 5.56 Å². The normalized spacial score (nSPS) is 11.2. The lowest BCUT2D eigenvalue weighted by Gasteiger charge is -1.99. The van der Waals surface area contributed by atoms with Gasteiger partial charge < -0.3 is 0 Å². The minimum absolute atomic E-state index is 0.223. The zero-order valence-corrected chi connectivity index (χ0v) is 13.4. The molecule has 0 saturated carbocycles. The van der Waals surface area contributed by atoms with Crippen molar-refractivity contribution in [2.45, 2.75) is 6.92 Å². The lowest BCUT2D eigenvalue weighted by molar-refractivity contribution is 0.835. The van der Waals surface area contributed by atoms with Gasteiger partial charge in [-0.1, -0.05) is 30.3 Å². The van der Waals surface area contributed by atoms with Crippen LogP contribution in [0.5, 0.6) is 0 Å². The molecule has 1 heterocycles. The smallest absolute Gasteiger partial charge is 0.293 e. The van der Waals surface area contributed by atoms with Crippen LogP contribution in [0, 0.1) is 6.92 Å². The number of rotatable bonds is 3. The third-order valence-electron chi connectivity index (χ3n) is 3.16. The standard InChI is InChI=1S/C16H13BrN4O/c1-11-15(19-18-14-10-6-5-9-13(14)17)16(22)21(20-11)12-7-3-2-4-8-12/h2-10,20H,1H3. The number of hydrogen-bond acceptors (Lipinski definition) is 3. The van der Waals surface area contributed by atoms with Crippen LogP contribution >= 0.6 is 15.9 Å². The van der Waals surface area contributed by atoms with Crippen LogP contribution < -0.4 is 5.56 Å². The molecule has 0 unspecified atom stereocenters. The van der Waals surface area contributed by atoms with Crippen molar-refractivity contribution in [3.05, 3.63) is 75.1 Å². The summed E-state index contributed by atoms with van der Waals surface area (Å²) in [6, 6.07) is 16.8. The Balaban J connectivity index is 2.01. The number of nitrogens with one attached hydrogen (secondary N) is 1. The number of azo groups is 1. The zero-order chi connectivity index (χ0) is 15.5. The van der Waals surface area contributed by atoms with Gasteiger partial charge in [-0.25, -0.2) is 4.68 Å². The molecule has 110 valence electrons.